The molecule has 1 heterocycles. The average molecular weight is 357 g/mol. The molecule has 0 fully saturated rings. The quantitative estimate of drug-likeness (QED) is 0.770. The fraction of sp³-hybridized carbons (Fsp3) is 0.118. The van der Waals surface area contributed by atoms with Gasteiger partial charge in [-0.15, -0.1) is 0 Å². The summed E-state index contributed by atoms with van der Waals surface area (Å²) in [7, 11) is -3.39. The zero-order valence-corrected chi connectivity index (χ0v) is 14.4. The molecule has 0 saturated carbocycles. The molecule has 1 amide bonds. The van der Waals surface area contributed by atoms with Gasteiger partial charge in [-0.1, -0.05) is 23.4 Å². The van der Waals surface area contributed by atoms with Crippen LogP contribution in [0.4, 0.5) is 5.69 Å². The van der Waals surface area contributed by atoms with Crippen LogP contribution in [0.2, 0.25) is 0 Å². The molecule has 0 atom stereocenters. The van der Waals surface area contributed by atoms with E-state index < -0.39 is 15.7 Å². The van der Waals surface area contributed by atoms with Gasteiger partial charge in [-0.2, -0.15) is 4.98 Å². The zero-order valence-electron chi connectivity index (χ0n) is 13.6. The molecule has 1 aromatic heterocycles. The Hall–Kier alpha value is -3.00. The number of sulfone groups is 1. The molecule has 128 valence electrons. The number of hydrogen-bond acceptors (Lipinski definition) is 6. The minimum atomic E-state index is -3.39. The van der Waals surface area contributed by atoms with Crippen LogP contribution in [0.15, 0.2) is 57.9 Å². The van der Waals surface area contributed by atoms with Crippen LogP contribution in [-0.4, -0.2) is 30.7 Å². The predicted octanol–water partition coefficient (Wildman–Crippen LogP) is 2.70. The standard InChI is InChI=1S/C17H15N3O4S/c1-11-18-16(20-24-11)14-8-3-4-9-15(14)19-17(21)12-6-5-7-13(10-12)25(2,22)23/h3-10H,1-2H3,(H,19,21). The van der Waals surface area contributed by atoms with E-state index in [1.54, 1.807) is 37.3 Å². The highest BCUT2D eigenvalue weighted by atomic mass is 32.2. The van der Waals surface area contributed by atoms with Gasteiger partial charge in [0.2, 0.25) is 11.7 Å². The van der Waals surface area contributed by atoms with E-state index in [9.17, 15) is 13.2 Å². The van der Waals surface area contributed by atoms with Gasteiger partial charge in [0.1, 0.15) is 0 Å². The highest BCUT2D eigenvalue weighted by Crippen LogP contribution is 2.26. The molecule has 0 aliphatic carbocycles. The Labute approximate surface area is 144 Å². The maximum atomic E-state index is 12.5. The van der Waals surface area contributed by atoms with Gasteiger partial charge >= 0.3 is 0 Å². The van der Waals surface area contributed by atoms with Crippen LogP contribution < -0.4 is 5.32 Å². The van der Waals surface area contributed by atoms with Gasteiger partial charge in [-0.25, -0.2) is 8.42 Å². The first-order valence-corrected chi connectivity index (χ1v) is 9.25. The molecule has 7 nitrogen and oxygen atoms in total. The van der Waals surface area contributed by atoms with E-state index in [4.69, 9.17) is 4.52 Å². The fourth-order valence-electron chi connectivity index (χ4n) is 2.26. The van der Waals surface area contributed by atoms with Crippen molar-refractivity contribution >= 4 is 21.4 Å². The van der Waals surface area contributed by atoms with Crippen LogP contribution in [0.3, 0.4) is 0 Å². The minimum Gasteiger partial charge on any atom is -0.339 e. The number of nitrogens with one attached hydrogen (secondary N) is 1. The average Bonchev–Trinajstić information content (AvgIpc) is 3.01. The van der Waals surface area contributed by atoms with Crippen molar-refractivity contribution in [1.82, 2.24) is 10.1 Å². The highest BCUT2D eigenvalue weighted by molar-refractivity contribution is 7.90. The van der Waals surface area contributed by atoms with Gasteiger partial charge in [-0.3, -0.25) is 4.79 Å². The number of carbonyl (C=O) groups is 1. The molecule has 0 bridgehead atoms. The number of aryl methyl sites for hydroxylation is 1. The molecule has 3 rings (SSSR count). The molecule has 8 heteroatoms. The Balaban J connectivity index is 1.92. The van der Waals surface area contributed by atoms with Gasteiger partial charge in [0.05, 0.1) is 10.6 Å². The first kappa shape index (κ1) is 16.8. The Morgan fingerprint density at radius 1 is 1.12 bits per heavy atom. The summed E-state index contributed by atoms with van der Waals surface area (Å²) in [5.41, 5.74) is 1.34. The van der Waals surface area contributed by atoms with E-state index in [2.05, 4.69) is 15.5 Å². The number of rotatable bonds is 4. The Bertz CT molecular complexity index is 1040. The largest absolute Gasteiger partial charge is 0.339 e. The third kappa shape index (κ3) is 3.74. The van der Waals surface area contributed by atoms with Crippen LogP contribution in [0, 0.1) is 6.92 Å². The highest BCUT2D eigenvalue weighted by Gasteiger charge is 2.15. The van der Waals surface area contributed by atoms with Gasteiger partial charge in [0.15, 0.2) is 9.84 Å². The van der Waals surface area contributed by atoms with Crippen molar-refractivity contribution < 1.29 is 17.7 Å². The van der Waals surface area contributed by atoms with Crippen molar-refractivity contribution in [1.29, 1.82) is 0 Å². The van der Waals surface area contributed by atoms with Crippen molar-refractivity contribution in [3.05, 3.63) is 60.0 Å². The lowest BCUT2D eigenvalue weighted by Crippen LogP contribution is -2.13. The van der Waals surface area contributed by atoms with Crippen LogP contribution >= 0.6 is 0 Å². The molecular formula is C17H15N3O4S. The number of carbonyl (C=O) groups excluding carboxylic acids is 1. The normalized spacial score (nSPS) is 11.3. The third-order valence-electron chi connectivity index (χ3n) is 3.47. The van der Waals surface area contributed by atoms with Gasteiger partial charge in [-0.05, 0) is 30.3 Å². The van der Waals surface area contributed by atoms with Crippen LogP contribution in [-0.2, 0) is 9.84 Å². The number of amides is 1. The summed E-state index contributed by atoms with van der Waals surface area (Å²) in [5.74, 6) is 0.341. The number of para-hydroxylation sites is 1. The topological polar surface area (TPSA) is 102 Å². The van der Waals surface area contributed by atoms with Gasteiger partial charge < -0.3 is 9.84 Å². The van der Waals surface area contributed by atoms with Crippen molar-refractivity contribution in [2.75, 3.05) is 11.6 Å². The zero-order chi connectivity index (χ0) is 18.0. The first-order chi connectivity index (χ1) is 11.8. The van der Waals surface area contributed by atoms with Crippen molar-refractivity contribution in [3.8, 4) is 11.4 Å². The number of anilines is 1. The molecule has 1 N–H and O–H groups in total. The number of aromatic nitrogens is 2. The summed E-state index contributed by atoms with van der Waals surface area (Å²) in [6.45, 7) is 1.67. The van der Waals surface area contributed by atoms with Crippen molar-refractivity contribution in [2.45, 2.75) is 11.8 Å². The van der Waals surface area contributed by atoms with E-state index >= 15 is 0 Å². The maximum Gasteiger partial charge on any atom is 0.255 e. The summed E-state index contributed by atoms with van der Waals surface area (Å²) < 4.78 is 28.3. The summed E-state index contributed by atoms with van der Waals surface area (Å²) in [4.78, 5) is 16.8. The second kappa shape index (κ2) is 6.48. The molecule has 25 heavy (non-hydrogen) atoms. The van der Waals surface area contributed by atoms with Gasteiger partial charge in [0, 0.05) is 24.3 Å². The molecule has 0 unspecified atom stereocenters. The molecular weight excluding hydrogens is 342 g/mol. The first-order valence-electron chi connectivity index (χ1n) is 7.36. The Kier molecular flexibility index (Phi) is 4.37. The summed E-state index contributed by atoms with van der Waals surface area (Å²) in [6.07, 6.45) is 1.10. The predicted molar refractivity (Wildman–Crippen MR) is 92.0 cm³/mol. The van der Waals surface area contributed by atoms with Crippen LogP contribution in [0.5, 0.6) is 0 Å². The second-order valence-corrected chi connectivity index (χ2v) is 7.45. The molecule has 0 aliphatic rings. The fourth-order valence-corrected chi connectivity index (χ4v) is 2.93. The van der Waals surface area contributed by atoms with Gasteiger partial charge in [0.25, 0.3) is 5.91 Å². The summed E-state index contributed by atoms with van der Waals surface area (Å²) in [6, 6.07) is 12.9. The molecule has 0 saturated heterocycles. The summed E-state index contributed by atoms with van der Waals surface area (Å²) >= 11 is 0. The van der Waals surface area contributed by atoms with E-state index in [0.717, 1.165) is 6.26 Å². The molecule has 0 spiro atoms. The number of nitrogens with zero attached hydrogens (tertiary/aromatic N) is 2. The maximum absolute atomic E-state index is 12.5. The lowest BCUT2D eigenvalue weighted by Gasteiger charge is -2.09. The molecule has 3 aromatic rings. The lowest BCUT2D eigenvalue weighted by atomic mass is 10.1. The molecule has 0 radical (unpaired) electrons. The van der Waals surface area contributed by atoms with E-state index in [1.807, 2.05) is 0 Å². The SMILES string of the molecule is Cc1nc(-c2ccccc2NC(=O)c2cccc(S(C)(=O)=O)c2)no1. The lowest BCUT2D eigenvalue weighted by molar-refractivity contribution is 0.102. The van der Waals surface area contributed by atoms with Crippen molar-refractivity contribution in [3.63, 3.8) is 0 Å². The second-order valence-electron chi connectivity index (χ2n) is 5.44. The Morgan fingerprint density at radius 2 is 1.88 bits per heavy atom. The van der Waals surface area contributed by atoms with Crippen molar-refractivity contribution in [2.24, 2.45) is 0 Å². The minimum absolute atomic E-state index is 0.0854. The molecule has 0 aliphatic heterocycles. The molecule has 2 aromatic carbocycles. The van der Waals surface area contributed by atoms with Crippen LogP contribution in [0.1, 0.15) is 16.2 Å². The van der Waals surface area contributed by atoms with E-state index in [0.29, 0.717) is 23.0 Å². The summed E-state index contributed by atoms with van der Waals surface area (Å²) in [5, 5.41) is 6.61. The third-order valence-corrected chi connectivity index (χ3v) is 4.58. The number of benzene rings is 2. The van der Waals surface area contributed by atoms with E-state index in [-0.39, 0.29) is 10.5 Å². The Morgan fingerprint density at radius 3 is 2.56 bits per heavy atom. The van der Waals surface area contributed by atoms with Crippen LogP contribution in [0.25, 0.3) is 11.4 Å². The van der Waals surface area contributed by atoms with E-state index in [1.165, 1.54) is 18.2 Å². The smallest absolute Gasteiger partial charge is 0.255 e. The monoisotopic (exact) mass is 357 g/mol. The number of hydrogen-bond donors (Lipinski definition) is 1.